The zero-order valence-corrected chi connectivity index (χ0v) is 12.3. The van der Waals surface area contributed by atoms with Crippen LogP contribution in [-0.2, 0) is 6.54 Å². The summed E-state index contributed by atoms with van der Waals surface area (Å²) in [5, 5.41) is 15.0. The van der Waals surface area contributed by atoms with E-state index in [1.54, 1.807) is 11.3 Å². The van der Waals surface area contributed by atoms with Crippen molar-refractivity contribution in [2.75, 3.05) is 24.6 Å². The molecule has 0 amide bonds. The van der Waals surface area contributed by atoms with Crippen molar-refractivity contribution < 1.29 is 5.11 Å². The van der Waals surface area contributed by atoms with Gasteiger partial charge in [0.1, 0.15) is 0 Å². The molecule has 0 spiro atoms. The zero-order chi connectivity index (χ0) is 13.5. The highest BCUT2D eigenvalue weighted by Gasteiger charge is 2.28. The van der Waals surface area contributed by atoms with Crippen molar-refractivity contribution in [3.63, 3.8) is 0 Å². The molecule has 1 aliphatic heterocycles. The summed E-state index contributed by atoms with van der Waals surface area (Å²) >= 11 is 1.69. The summed E-state index contributed by atoms with van der Waals surface area (Å²) in [5.41, 5.74) is 1.27. The molecule has 0 bridgehead atoms. The molecule has 1 unspecified atom stereocenters. The van der Waals surface area contributed by atoms with Crippen LogP contribution in [0.5, 0.6) is 0 Å². The van der Waals surface area contributed by atoms with Crippen molar-refractivity contribution >= 4 is 22.1 Å². The van der Waals surface area contributed by atoms with Gasteiger partial charge < -0.3 is 15.3 Å². The molecule has 4 rings (SSSR count). The Balaban J connectivity index is 1.62. The van der Waals surface area contributed by atoms with Crippen LogP contribution in [0.4, 0.5) is 5.82 Å². The second kappa shape index (κ2) is 5.02. The van der Waals surface area contributed by atoms with Crippen molar-refractivity contribution in [3.8, 4) is 0 Å². The number of thiazole rings is 1. The molecule has 1 saturated heterocycles. The first-order valence-corrected chi connectivity index (χ1v) is 8.26. The number of aliphatic hydroxyl groups excluding tert-OH is 1. The smallest absolute Gasteiger partial charge is 0.195 e. The van der Waals surface area contributed by atoms with Gasteiger partial charge in [-0.25, -0.2) is 4.98 Å². The van der Waals surface area contributed by atoms with E-state index in [2.05, 4.69) is 26.2 Å². The molecule has 20 heavy (non-hydrogen) atoms. The van der Waals surface area contributed by atoms with Crippen LogP contribution in [0.2, 0.25) is 0 Å². The van der Waals surface area contributed by atoms with Crippen LogP contribution in [0, 0.1) is 5.92 Å². The van der Waals surface area contributed by atoms with Crippen molar-refractivity contribution in [1.82, 2.24) is 14.7 Å². The Kier molecular flexibility index (Phi) is 3.17. The van der Waals surface area contributed by atoms with E-state index in [-0.39, 0.29) is 6.61 Å². The Morgan fingerprint density at radius 1 is 1.40 bits per heavy atom. The molecule has 2 aromatic rings. The molecule has 2 N–H and O–H groups in total. The van der Waals surface area contributed by atoms with Crippen LogP contribution in [0.15, 0.2) is 11.6 Å². The molecular weight excluding hydrogens is 272 g/mol. The number of hydrogen-bond donors (Lipinski definition) is 2. The maximum Gasteiger partial charge on any atom is 0.195 e. The molecule has 5 nitrogen and oxygen atoms in total. The minimum Gasteiger partial charge on any atom is -0.396 e. The van der Waals surface area contributed by atoms with Gasteiger partial charge in [-0.3, -0.25) is 4.40 Å². The maximum atomic E-state index is 9.32. The van der Waals surface area contributed by atoms with Crippen LogP contribution in [0.1, 0.15) is 25.0 Å². The Hall–Kier alpha value is -1.11. The Labute approximate surface area is 122 Å². The number of hydrogen-bond acceptors (Lipinski definition) is 5. The average Bonchev–Trinajstić information content (AvgIpc) is 2.90. The van der Waals surface area contributed by atoms with Crippen LogP contribution >= 0.6 is 11.3 Å². The molecule has 0 radical (unpaired) electrons. The lowest BCUT2D eigenvalue weighted by Gasteiger charge is -2.17. The number of fused-ring (bicyclic) bond motifs is 1. The second-order valence-corrected chi connectivity index (χ2v) is 6.75. The molecule has 3 heterocycles. The number of anilines is 1. The molecule has 0 aromatic carbocycles. The van der Waals surface area contributed by atoms with Crippen molar-refractivity contribution in [3.05, 3.63) is 17.3 Å². The van der Waals surface area contributed by atoms with Gasteiger partial charge in [-0.2, -0.15) is 0 Å². The summed E-state index contributed by atoms with van der Waals surface area (Å²) in [4.78, 5) is 8.21. The van der Waals surface area contributed by atoms with Crippen molar-refractivity contribution in [2.45, 2.75) is 31.8 Å². The number of imidazole rings is 1. The minimum atomic E-state index is 0.286. The number of aliphatic hydroxyl groups is 1. The van der Waals surface area contributed by atoms with E-state index >= 15 is 0 Å². The molecular formula is C14H20N4OS. The van der Waals surface area contributed by atoms with E-state index in [0.29, 0.717) is 12.0 Å². The normalized spacial score (nSPS) is 23.1. The molecule has 2 aliphatic rings. The molecule has 1 aliphatic carbocycles. The molecule has 6 heteroatoms. The topological polar surface area (TPSA) is 52.8 Å². The lowest BCUT2D eigenvalue weighted by molar-refractivity contribution is 0.238. The molecule has 1 saturated carbocycles. The average molecular weight is 292 g/mol. The fraction of sp³-hybridized carbons (Fsp3) is 0.643. The SMILES string of the molecule is OCC1CCN(c2nc3sccn3c2CNC2CC2)C1. The minimum absolute atomic E-state index is 0.286. The van der Waals surface area contributed by atoms with E-state index in [4.69, 9.17) is 4.98 Å². The number of rotatable bonds is 5. The van der Waals surface area contributed by atoms with Gasteiger partial charge in [0.15, 0.2) is 10.8 Å². The van der Waals surface area contributed by atoms with Gasteiger partial charge in [-0.05, 0) is 19.3 Å². The highest BCUT2D eigenvalue weighted by molar-refractivity contribution is 7.15. The summed E-state index contributed by atoms with van der Waals surface area (Å²) in [6, 6.07) is 0.704. The van der Waals surface area contributed by atoms with Crippen LogP contribution in [0.3, 0.4) is 0 Å². The lowest BCUT2D eigenvalue weighted by atomic mass is 10.1. The first-order valence-electron chi connectivity index (χ1n) is 7.39. The van der Waals surface area contributed by atoms with Crippen LogP contribution in [-0.4, -0.2) is 40.2 Å². The van der Waals surface area contributed by atoms with Gasteiger partial charge in [-0.1, -0.05) is 0 Å². The first-order chi connectivity index (χ1) is 9.85. The van der Waals surface area contributed by atoms with E-state index in [9.17, 15) is 5.11 Å². The van der Waals surface area contributed by atoms with Crippen molar-refractivity contribution in [1.29, 1.82) is 0 Å². The predicted molar refractivity (Wildman–Crippen MR) is 80.3 cm³/mol. The summed E-state index contributed by atoms with van der Waals surface area (Å²) in [6.45, 7) is 3.11. The highest BCUT2D eigenvalue weighted by Crippen LogP contribution is 2.30. The van der Waals surface area contributed by atoms with Crippen LogP contribution < -0.4 is 10.2 Å². The lowest BCUT2D eigenvalue weighted by Crippen LogP contribution is -2.24. The third-order valence-electron chi connectivity index (χ3n) is 4.32. The van der Waals surface area contributed by atoms with Gasteiger partial charge in [0.25, 0.3) is 0 Å². The molecule has 108 valence electrons. The fourth-order valence-electron chi connectivity index (χ4n) is 2.94. The third kappa shape index (κ3) is 2.21. The van der Waals surface area contributed by atoms with Crippen molar-refractivity contribution in [2.24, 2.45) is 5.92 Å². The third-order valence-corrected chi connectivity index (χ3v) is 5.08. The maximum absolute atomic E-state index is 9.32. The zero-order valence-electron chi connectivity index (χ0n) is 11.5. The monoisotopic (exact) mass is 292 g/mol. The summed E-state index contributed by atoms with van der Waals surface area (Å²) in [5.74, 6) is 1.51. The number of aromatic nitrogens is 2. The summed E-state index contributed by atoms with van der Waals surface area (Å²) in [6.07, 6.45) is 5.78. The van der Waals surface area contributed by atoms with Gasteiger partial charge in [0, 0.05) is 49.8 Å². The first kappa shape index (κ1) is 12.6. The van der Waals surface area contributed by atoms with E-state index < -0.39 is 0 Å². The van der Waals surface area contributed by atoms with Gasteiger partial charge in [0.05, 0.1) is 5.69 Å². The fourth-order valence-corrected chi connectivity index (χ4v) is 3.67. The molecule has 1 atom stereocenters. The van der Waals surface area contributed by atoms with E-state index in [1.165, 1.54) is 18.5 Å². The molecule has 2 fully saturated rings. The second-order valence-electron chi connectivity index (χ2n) is 5.88. The standard InChI is InChI=1S/C14H20N4OS/c19-9-10-3-4-17(8-10)13-12(7-15-11-1-2-11)18-5-6-20-14(18)16-13/h5-6,10-11,15,19H,1-4,7-9H2. The highest BCUT2D eigenvalue weighted by atomic mass is 32.1. The largest absolute Gasteiger partial charge is 0.396 e. The van der Waals surface area contributed by atoms with Gasteiger partial charge >= 0.3 is 0 Å². The van der Waals surface area contributed by atoms with Gasteiger partial charge in [0.2, 0.25) is 0 Å². The van der Waals surface area contributed by atoms with E-state index in [1.807, 2.05) is 0 Å². The quantitative estimate of drug-likeness (QED) is 0.876. The Morgan fingerprint density at radius 3 is 3.05 bits per heavy atom. The summed E-state index contributed by atoms with van der Waals surface area (Å²) < 4.78 is 2.21. The number of nitrogens with one attached hydrogen (secondary N) is 1. The molecule has 2 aromatic heterocycles. The number of nitrogens with zero attached hydrogens (tertiary/aromatic N) is 3. The Bertz CT molecular complexity index is 603. The predicted octanol–water partition coefficient (Wildman–Crippen LogP) is 1.47. The van der Waals surface area contributed by atoms with E-state index in [0.717, 1.165) is 36.8 Å². The van der Waals surface area contributed by atoms with Crippen LogP contribution in [0.25, 0.3) is 4.96 Å². The van der Waals surface area contributed by atoms with Gasteiger partial charge in [-0.15, -0.1) is 11.3 Å². The Morgan fingerprint density at radius 2 is 2.30 bits per heavy atom. The summed E-state index contributed by atoms with van der Waals surface area (Å²) in [7, 11) is 0.